The number of H-pyrrole nitrogens is 1. The number of anilines is 1. The zero-order chi connectivity index (χ0) is 17.5. The maximum Gasteiger partial charge on any atom is 0.269 e. The van der Waals surface area contributed by atoms with Crippen molar-refractivity contribution in [2.24, 2.45) is 5.92 Å². The summed E-state index contributed by atoms with van der Waals surface area (Å²) in [6.07, 6.45) is 6.97. The monoisotopic (exact) mass is 343 g/mol. The van der Waals surface area contributed by atoms with Crippen LogP contribution >= 0.6 is 0 Å². The van der Waals surface area contributed by atoms with E-state index in [9.17, 15) is 4.79 Å². The summed E-state index contributed by atoms with van der Waals surface area (Å²) in [7, 11) is 0. The molecule has 0 radical (unpaired) electrons. The van der Waals surface area contributed by atoms with Crippen LogP contribution in [0.3, 0.4) is 0 Å². The van der Waals surface area contributed by atoms with Gasteiger partial charge >= 0.3 is 0 Å². The number of amides is 1. The highest BCUT2D eigenvalue weighted by Gasteiger charge is 2.19. The van der Waals surface area contributed by atoms with Crippen LogP contribution in [0.15, 0.2) is 30.6 Å². The van der Waals surface area contributed by atoms with Gasteiger partial charge in [-0.05, 0) is 44.2 Å². The van der Waals surface area contributed by atoms with Crippen LogP contribution in [0.1, 0.15) is 36.7 Å². The molecule has 3 rings (SSSR count). The fourth-order valence-electron chi connectivity index (χ4n) is 3.16. The Bertz CT molecular complexity index is 665. The quantitative estimate of drug-likeness (QED) is 0.805. The standard InChI is InChI=1S/C18H25N5O2/c1-2-25-17-13-16(21-22-17)18(24)20-10-3-14-6-11-23(12-7-14)15-4-8-19-9-5-15/h4-5,8-9,13-14H,2-3,6-7,10-12H2,1H3,(H,20,24)(H,21,22). The molecule has 1 aliphatic rings. The number of hydrogen-bond acceptors (Lipinski definition) is 5. The van der Waals surface area contributed by atoms with E-state index in [0.717, 1.165) is 32.4 Å². The average Bonchev–Trinajstić information content (AvgIpc) is 3.12. The van der Waals surface area contributed by atoms with Crippen LogP contribution < -0.4 is 15.0 Å². The smallest absolute Gasteiger partial charge is 0.269 e. The fourth-order valence-corrected chi connectivity index (χ4v) is 3.16. The van der Waals surface area contributed by atoms with Crippen LogP contribution in [0.4, 0.5) is 5.69 Å². The number of hydrogen-bond donors (Lipinski definition) is 2. The van der Waals surface area contributed by atoms with E-state index in [1.54, 1.807) is 6.07 Å². The van der Waals surface area contributed by atoms with Gasteiger partial charge < -0.3 is 15.0 Å². The molecule has 134 valence electrons. The zero-order valence-corrected chi connectivity index (χ0v) is 14.6. The lowest BCUT2D eigenvalue weighted by atomic mass is 9.93. The van der Waals surface area contributed by atoms with Crippen molar-refractivity contribution >= 4 is 11.6 Å². The number of carbonyl (C=O) groups excluding carboxylic acids is 1. The topological polar surface area (TPSA) is 83.1 Å². The van der Waals surface area contributed by atoms with Crippen molar-refractivity contribution in [2.45, 2.75) is 26.2 Å². The molecule has 0 aromatic carbocycles. The number of aromatic amines is 1. The van der Waals surface area contributed by atoms with Gasteiger partial charge in [-0.3, -0.25) is 14.9 Å². The molecule has 0 atom stereocenters. The van der Waals surface area contributed by atoms with E-state index in [0.29, 0.717) is 30.6 Å². The molecule has 1 amide bonds. The van der Waals surface area contributed by atoms with E-state index in [1.165, 1.54) is 5.69 Å². The SMILES string of the molecule is CCOc1cc(C(=O)NCCC2CCN(c3ccncc3)CC2)[nH]n1. The largest absolute Gasteiger partial charge is 0.477 e. The molecule has 3 heterocycles. The van der Waals surface area contributed by atoms with Crippen molar-refractivity contribution in [1.29, 1.82) is 0 Å². The Labute approximate surface area is 147 Å². The van der Waals surface area contributed by atoms with Crippen LogP contribution in [-0.2, 0) is 0 Å². The Kier molecular flexibility index (Phi) is 5.87. The molecule has 0 aliphatic carbocycles. The average molecular weight is 343 g/mol. The number of pyridine rings is 1. The molecule has 1 saturated heterocycles. The van der Waals surface area contributed by atoms with Crippen molar-refractivity contribution in [3.05, 3.63) is 36.3 Å². The van der Waals surface area contributed by atoms with E-state index >= 15 is 0 Å². The van der Waals surface area contributed by atoms with E-state index in [1.807, 2.05) is 19.3 Å². The Morgan fingerprint density at radius 1 is 1.36 bits per heavy atom. The molecule has 0 unspecified atom stereocenters. The van der Waals surface area contributed by atoms with E-state index in [4.69, 9.17) is 4.74 Å². The molecule has 0 bridgehead atoms. The summed E-state index contributed by atoms with van der Waals surface area (Å²) < 4.78 is 5.25. The van der Waals surface area contributed by atoms with Gasteiger partial charge in [-0.15, -0.1) is 5.10 Å². The van der Waals surface area contributed by atoms with Crippen molar-refractivity contribution in [2.75, 3.05) is 31.1 Å². The van der Waals surface area contributed by atoms with E-state index < -0.39 is 0 Å². The molecule has 2 aromatic rings. The second kappa shape index (κ2) is 8.50. The minimum absolute atomic E-state index is 0.132. The van der Waals surface area contributed by atoms with Gasteiger partial charge in [0.15, 0.2) is 0 Å². The third kappa shape index (κ3) is 4.71. The van der Waals surface area contributed by atoms with Gasteiger partial charge in [-0.1, -0.05) is 0 Å². The van der Waals surface area contributed by atoms with Crippen LogP contribution in [-0.4, -0.2) is 47.3 Å². The van der Waals surface area contributed by atoms with Gasteiger partial charge in [0.05, 0.1) is 6.61 Å². The number of ether oxygens (including phenoxy) is 1. The highest BCUT2D eigenvalue weighted by molar-refractivity contribution is 5.92. The Hall–Kier alpha value is -2.57. The maximum absolute atomic E-state index is 12.1. The van der Waals surface area contributed by atoms with Crippen molar-refractivity contribution in [3.63, 3.8) is 0 Å². The molecule has 0 spiro atoms. The van der Waals surface area contributed by atoms with Gasteiger partial charge in [-0.2, -0.15) is 0 Å². The molecule has 7 nitrogen and oxygen atoms in total. The minimum atomic E-state index is -0.132. The van der Waals surface area contributed by atoms with Crippen molar-refractivity contribution < 1.29 is 9.53 Å². The van der Waals surface area contributed by atoms with Gasteiger partial charge in [0.25, 0.3) is 5.91 Å². The summed E-state index contributed by atoms with van der Waals surface area (Å²) in [5, 5.41) is 9.60. The predicted octanol–water partition coefficient (Wildman–Crippen LogP) is 2.24. The normalized spacial score (nSPS) is 15.2. The second-order valence-corrected chi connectivity index (χ2v) is 6.23. The summed E-state index contributed by atoms with van der Waals surface area (Å²) >= 11 is 0. The number of carbonyl (C=O) groups is 1. The van der Waals surface area contributed by atoms with Gasteiger partial charge in [0.1, 0.15) is 5.69 Å². The first-order chi connectivity index (χ1) is 12.3. The predicted molar refractivity (Wildman–Crippen MR) is 95.9 cm³/mol. The highest BCUT2D eigenvalue weighted by atomic mass is 16.5. The Morgan fingerprint density at radius 2 is 2.12 bits per heavy atom. The summed E-state index contributed by atoms with van der Waals surface area (Å²) in [5.41, 5.74) is 1.68. The van der Waals surface area contributed by atoms with E-state index in [-0.39, 0.29) is 5.91 Å². The van der Waals surface area contributed by atoms with Gasteiger partial charge in [0.2, 0.25) is 5.88 Å². The van der Waals surface area contributed by atoms with Gasteiger partial charge in [-0.25, -0.2) is 0 Å². The third-order valence-electron chi connectivity index (χ3n) is 4.57. The van der Waals surface area contributed by atoms with Crippen LogP contribution in [0.2, 0.25) is 0 Å². The first kappa shape index (κ1) is 17.3. The summed E-state index contributed by atoms with van der Waals surface area (Å²) in [6, 6.07) is 5.74. The highest BCUT2D eigenvalue weighted by Crippen LogP contribution is 2.24. The lowest BCUT2D eigenvalue weighted by molar-refractivity contribution is 0.0945. The molecular weight excluding hydrogens is 318 g/mol. The third-order valence-corrected chi connectivity index (χ3v) is 4.57. The van der Waals surface area contributed by atoms with E-state index in [2.05, 4.69) is 37.5 Å². The molecular formula is C18H25N5O2. The van der Waals surface area contributed by atoms with Crippen LogP contribution in [0, 0.1) is 5.92 Å². The summed E-state index contributed by atoms with van der Waals surface area (Å²) in [5.74, 6) is 0.975. The molecule has 1 fully saturated rings. The van der Waals surface area contributed by atoms with Crippen molar-refractivity contribution in [3.8, 4) is 5.88 Å². The molecule has 0 saturated carbocycles. The van der Waals surface area contributed by atoms with Crippen molar-refractivity contribution in [1.82, 2.24) is 20.5 Å². The number of nitrogens with one attached hydrogen (secondary N) is 2. The lowest BCUT2D eigenvalue weighted by Gasteiger charge is -2.33. The first-order valence-electron chi connectivity index (χ1n) is 8.87. The molecule has 25 heavy (non-hydrogen) atoms. The number of aromatic nitrogens is 3. The number of rotatable bonds is 7. The summed E-state index contributed by atoms with van der Waals surface area (Å²) in [4.78, 5) is 18.6. The second-order valence-electron chi connectivity index (χ2n) is 6.23. The zero-order valence-electron chi connectivity index (χ0n) is 14.6. The van der Waals surface area contributed by atoms with Crippen LogP contribution in [0.5, 0.6) is 5.88 Å². The molecule has 1 aliphatic heterocycles. The number of nitrogens with zero attached hydrogens (tertiary/aromatic N) is 3. The fraction of sp³-hybridized carbons (Fsp3) is 0.500. The summed E-state index contributed by atoms with van der Waals surface area (Å²) in [6.45, 7) is 5.21. The number of piperidine rings is 1. The first-order valence-corrected chi connectivity index (χ1v) is 8.87. The maximum atomic E-state index is 12.1. The molecule has 2 aromatic heterocycles. The Balaban J connectivity index is 1.37. The molecule has 2 N–H and O–H groups in total. The minimum Gasteiger partial charge on any atom is -0.477 e. The van der Waals surface area contributed by atoms with Gasteiger partial charge in [0, 0.05) is 43.8 Å². The lowest BCUT2D eigenvalue weighted by Crippen LogP contribution is -2.35. The Morgan fingerprint density at radius 3 is 2.84 bits per heavy atom. The molecule has 7 heteroatoms. The van der Waals surface area contributed by atoms with Crippen LogP contribution in [0.25, 0.3) is 0 Å².